The van der Waals surface area contributed by atoms with Crippen molar-refractivity contribution in [1.82, 2.24) is 9.55 Å². The summed E-state index contributed by atoms with van der Waals surface area (Å²) in [5.74, 6) is -1.35. The van der Waals surface area contributed by atoms with E-state index in [9.17, 15) is 19.5 Å². The number of carbonyl (C=O) groups is 2. The summed E-state index contributed by atoms with van der Waals surface area (Å²) in [6.07, 6.45) is 1.12. The first-order chi connectivity index (χ1) is 19.3. The molecule has 0 fully saturated rings. The second kappa shape index (κ2) is 10.4. The van der Waals surface area contributed by atoms with Crippen LogP contribution in [0.5, 0.6) is 0 Å². The molecule has 9 heteroatoms. The number of pyridine rings is 2. The number of para-hydroxylation sites is 1. The maximum Gasteiger partial charge on any atom is 0.355 e. The molecule has 3 aromatic rings. The maximum atomic E-state index is 13.9. The number of benzene rings is 1. The van der Waals surface area contributed by atoms with E-state index < -0.39 is 28.7 Å². The lowest BCUT2D eigenvalue weighted by molar-refractivity contribution is -0.192. The number of aryl methyl sites for hydroxylation is 1. The number of hydrogen-bond donors (Lipinski definition) is 1. The molecule has 0 unspecified atom stereocenters. The first-order valence-electron chi connectivity index (χ1n) is 14.2. The third-order valence-corrected chi connectivity index (χ3v) is 8.10. The smallest absolute Gasteiger partial charge is 0.355 e. The molecule has 0 aliphatic carbocycles. The SMILES string of the molecule is CCc1c2c(nc3ccccc13)-c1cc3c(c(=O)n1C2)COC(=O)[C@@]3(CC)OC(=O)CC(C)(C)OCCC(C)(C)O. The molecule has 0 saturated heterocycles. The van der Waals surface area contributed by atoms with Crippen molar-refractivity contribution < 1.29 is 28.9 Å². The Morgan fingerprint density at radius 1 is 1.15 bits per heavy atom. The van der Waals surface area contributed by atoms with Crippen molar-refractivity contribution in [3.05, 3.63) is 62.9 Å². The van der Waals surface area contributed by atoms with Crippen LogP contribution in [0.25, 0.3) is 22.3 Å². The van der Waals surface area contributed by atoms with Crippen LogP contribution < -0.4 is 5.56 Å². The van der Waals surface area contributed by atoms with Gasteiger partial charge in [-0.15, -0.1) is 0 Å². The van der Waals surface area contributed by atoms with Crippen LogP contribution in [0.3, 0.4) is 0 Å². The fourth-order valence-corrected chi connectivity index (χ4v) is 5.88. The Morgan fingerprint density at radius 3 is 2.56 bits per heavy atom. The third-order valence-electron chi connectivity index (χ3n) is 8.10. The molecule has 41 heavy (non-hydrogen) atoms. The Balaban J connectivity index is 1.53. The van der Waals surface area contributed by atoms with E-state index in [4.69, 9.17) is 19.2 Å². The first kappa shape index (κ1) is 29.0. The molecule has 218 valence electrons. The highest BCUT2D eigenvalue weighted by Crippen LogP contribution is 2.42. The third kappa shape index (κ3) is 5.17. The fourth-order valence-electron chi connectivity index (χ4n) is 5.88. The number of rotatable bonds is 9. The van der Waals surface area contributed by atoms with Crippen LogP contribution in [-0.2, 0) is 49.0 Å². The summed E-state index contributed by atoms with van der Waals surface area (Å²) >= 11 is 0. The molecule has 2 aromatic heterocycles. The summed E-state index contributed by atoms with van der Waals surface area (Å²) in [6.45, 7) is 11.1. The van der Waals surface area contributed by atoms with Crippen molar-refractivity contribution in [3.63, 3.8) is 0 Å². The van der Waals surface area contributed by atoms with Crippen molar-refractivity contribution in [3.8, 4) is 11.4 Å². The molecule has 0 bridgehead atoms. The van der Waals surface area contributed by atoms with Crippen LogP contribution in [0.1, 0.15) is 83.1 Å². The molecule has 0 amide bonds. The molecule has 1 N–H and O–H groups in total. The fraction of sp³-hybridized carbons (Fsp3) is 0.500. The van der Waals surface area contributed by atoms with Crippen molar-refractivity contribution in [1.29, 1.82) is 0 Å². The van der Waals surface area contributed by atoms with Gasteiger partial charge in [-0.25, -0.2) is 9.78 Å². The maximum absolute atomic E-state index is 13.9. The zero-order chi connectivity index (χ0) is 29.7. The monoisotopic (exact) mass is 562 g/mol. The van der Waals surface area contributed by atoms with Crippen molar-refractivity contribution >= 4 is 22.8 Å². The molecule has 9 nitrogen and oxygen atoms in total. The minimum absolute atomic E-state index is 0.0890. The van der Waals surface area contributed by atoms with Gasteiger partial charge in [0, 0.05) is 16.5 Å². The molecule has 1 aromatic carbocycles. The van der Waals surface area contributed by atoms with Gasteiger partial charge in [-0.05, 0) is 64.7 Å². The van der Waals surface area contributed by atoms with Crippen LogP contribution >= 0.6 is 0 Å². The Hall–Kier alpha value is -3.56. The second-order valence-electron chi connectivity index (χ2n) is 12.2. The number of aliphatic hydroxyl groups is 1. The predicted octanol–water partition coefficient (Wildman–Crippen LogP) is 4.54. The summed E-state index contributed by atoms with van der Waals surface area (Å²) in [5.41, 5.74) is 1.07. The van der Waals surface area contributed by atoms with Crippen LogP contribution in [0, 0.1) is 0 Å². The molecule has 0 saturated carbocycles. The van der Waals surface area contributed by atoms with E-state index in [0.29, 0.717) is 35.5 Å². The number of nitrogens with zero attached hydrogens (tertiary/aromatic N) is 2. The second-order valence-corrected chi connectivity index (χ2v) is 12.2. The number of ether oxygens (including phenoxy) is 3. The highest BCUT2D eigenvalue weighted by atomic mass is 16.6. The van der Waals surface area contributed by atoms with E-state index in [0.717, 1.165) is 28.5 Å². The van der Waals surface area contributed by atoms with E-state index in [-0.39, 0.29) is 31.6 Å². The van der Waals surface area contributed by atoms with E-state index >= 15 is 0 Å². The van der Waals surface area contributed by atoms with E-state index in [2.05, 4.69) is 6.92 Å². The number of hydrogen-bond acceptors (Lipinski definition) is 8. The van der Waals surface area contributed by atoms with Crippen LogP contribution in [0.15, 0.2) is 35.1 Å². The molecule has 4 heterocycles. The van der Waals surface area contributed by atoms with Crippen LogP contribution in [0.2, 0.25) is 0 Å². The average Bonchev–Trinajstić information content (AvgIpc) is 3.26. The summed E-state index contributed by atoms with van der Waals surface area (Å²) < 4.78 is 19.0. The standard InChI is InChI=1S/C32H38N2O7/c1-7-19-20-11-9-10-12-24(20)33-27-21(19)17-34-25(27)15-23-22(28(34)36)18-39-29(37)32(23,8-2)41-26(35)16-31(5,6)40-14-13-30(3,4)38/h9-12,15,38H,7-8,13-14,16-18H2,1-6H3/t32-/m0/s1. The first-order valence-corrected chi connectivity index (χ1v) is 14.2. The minimum Gasteiger partial charge on any atom is -0.457 e. The molecule has 2 aliphatic rings. The molecular formula is C32H38N2O7. The zero-order valence-electron chi connectivity index (χ0n) is 24.6. The number of carbonyl (C=O) groups excluding carboxylic acids is 2. The summed E-state index contributed by atoms with van der Waals surface area (Å²) in [7, 11) is 0. The van der Waals surface area contributed by atoms with Crippen molar-refractivity contribution in [2.24, 2.45) is 0 Å². The van der Waals surface area contributed by atoms with Crippen molar-refractivity contribution in [2.75, 3.05) is 6.61 Å². The van der Waals surface area contributed by atoms with E-state index in [1.807, 2.05) is 24.3 Å². The largest absolute Gasteiger partial charge is 0.457 e. The van der Waals surface area contributed by atoms with Gasteiger partial charge in [0.15, 0.2) is 0 Å². The van der Waals surface area contributed by atoms with Crippen LogP contribution in [-0.4, -0.2) is 44.4 Å². The average molecular weight is 563 g/mol. The molecular weight excluding hydrogens is 524 g/mol. The normalized spacial score (nSPS) is 18.1. The van der Waals surface area contributed by atoms with Gasteiger partial charge >= 0.3 is 11.9 Å². The topological polar surface area (TPSA) is 117 Å². The zero-order valence-corrected chi connectivity index (χ0v) is 24.6. The number of fused-ring (bicyclic) bond motifs is 5. The lowest BCUT2D eigenvalue weighted by Crippen LogP contribution is -2.48. The summed E-state index contributed by atoms with van der Waals surface area (Å²) in [6, 6.07) is 9.70. The molecule has 0 radical (unpaired) electrons. The molecule has 0 spiro atoms. The molecule has 1 atom stereocenters. The van der Waals surface area contributed by atoms with Gasteiger partial charge in [-0.3, -0.25) is 9.59 Å². The van der Waals surface area contributed by atoms with Crippen molar-refractivity contribution in [2.45, 2.75) is 97.2 Å². The highest BCUT2D eigenvalue weighted by Gasteiger charge is 2.51. The van der Waals surface area contributed by atoms with Gasteiger partial charge in [-0.2, -0.15) is 0 Å². The Morgan fingerprint density at radius 2 is 1.88 bits per heavy atom. The van der Waals surface area contributed by atoms with Crippen LogP contribution in [0.4, 0.5) is 0 Å². The van der Waals surface area contributed by atoms with Gasteiger partial charge in [0.1, 0.15) is 6.61 Å². The highest BCUT2D eigenvalue weighted by molar-refractivity contribution is 5.90. The summed E-state index contributed by atoms with van der Waals surface area (Å²) in [4.78, 5) is 45.4. The van der Waals surface area contributed by atoms with E-state index in [1.165, 1.54) is 0 Å². The van der Waals surface area contributed by atoms with Gasteiger partial charge in [0.05, 0.1) is 53.2 Å². The Labute approximate surface area is 239 Å². The Bertz CT molecular complexity index is 1600. The molecule has 2 aliphatic heterocycles. The minimum atomic E-state index is -1.77. The predicted molar refractivity (Wildman–Crippen MR) is 153 cm³/mol. The molecule has 5 rings (SSSR count). The van der Waals surface area contributed by atoms with Gasteiger partial charge in [-0.1, -0.05) is 32.0 Å². The van der Waals surface area contributed by atoms with Gasteiger partial charge < -0.3 is 23.9 Å². The Kier molecular flexibility index (Phi) is 7.32. The number of esters is 2. The van der Waals surface area contributed by atoms with E-state index in [1.54, 1.807) is 45.3 Å². The van der Waals surface area contributed by atoms with Gasteiger partial charge in [0.25, 0.3) is 5.56 Å². The number of aromatic nitrogens is 2. The number of cyclic esters (lactones) is 1. The summed E-state index contributed by atoms with van der Waals surface area (Å²) in [5, 5.41) is 11.0. The lowest BCUT2D eigenvalue weighted by Gasteiger charge is -2.36. The quantitative estimate of drug-likeness (QED) is 0.296. The van der Waals surface area contributed by atoms with Gasteiger partial charge in [0.2, 0.25) is 5.60 Å². The lowest BCUT2D eigenvalue weighted by atomic mass is 9.85.